The van der Waals surface area contributed by atoms with Crippen LogP contribution in [0.15, 0.2) is 72.3 Å². The Balaban J connectivity index is 1.62. The molecule has 2 aromatic carbocycles. The van der Waals surface area contributed by atoms with Crippen molar-refractivity contribution in [1.82, 2.24) is 4.98 Å². The number of carbonyl (C=O) groups is 1. The van der Waals surface area contributed by atoms with Gasteiger partial charge in [0.25, 0.3) is 0 Å². The number of ether oxygens (including phenoxy) is 2. The second-order valence-electron chi connectivity index (χ2n) is 8.26. The molecule has 2 heterocycles. The molecule has 0 radical (unpaired) electrons. The largest absolute Gasteiger partial charge is 0.457 e. The SMILES string of the molecule is CC(C)(C)OC(=O)C=Cc1cnc(N)c2c(-c3ccc(Oc4ccccc4)cc3)csc12. The number of para-hydroxylation sites is 1. The maximum absolute atomic E-state index is 12.1. The van der Waals surface area contributed by atoms with Crippen molar-refractivity contribution in [2.75, 3.05) is 5.73 Å². The van der Waals surface area contributed by atoms with Crippen molar-refractivity contribution in [3.8, 4) is 22.6 Å². The molecule has 4 rings (SSSR count). The summed E-state index contributed by atoms with van der Waals surface area (Å²) in [7, 11) is 0. The summed E-state index contributed by atoms with van der Waals surface area (Å²) in [5.41, 5.74) is 8.52. The lowest BCUT2D eigenvalue weighted by Gasteiger charge is -2.17. The van der Waals surface area contributed by atoms with Crippen LogP contribution in [0.3, 0.4) is 0 Å². The Labute approximate surface area is 191 Å². The number of thiophene rings is 1. The molecule has 32 heavy (non-hydrogen) atoms. The summed E-state index contributed by atoms with van der Waals surface area (Å²) in [5.74, 6) is 1.60. The number of carbonyl (C=O) groups excluding carboxylic acids is 1. The van der Waals surface area contributed by atoms with Crippen LogP contribution < -0.4 is 10.5 Å². The van der Waals surface area contributed by atoms with Gasteiger partial charge in [0.1, 0.15) is 22.9 Å². The van der Waals surface area contributed by atoms with Gasteiger partial charge in [0, 0.05) is 33.5 Å². The average molecular weight is 445 g/mol. The molecule has 5 nitrogen and oxygen atoms in total. The molecule has 0 amide bonds. The molecule has 0 bridgehead atoms. The van der Waals surface area contributed by atoms with E-state index >= 15 is 0 Å². The first-order chi connectivity index (χ1) is 15.3. The highest BCUT2D eigenvalue weighted by Gasteiger charge is 2.16. The molecule has 0 aliphatic carbocycles. The summed E-state index contributed by atoms with van der Waals surface area (Å²) >= 11 is 1.57. The van der Waals surface area contributed by atoms with Crippen molar-refractivity contribution in [2.24, 2.45) is 0 Å². The number of nitrogens with zero attached hydrogens (tertiary/aromatic N) is 1. The zero-order valence-electron chi connectivity index (χ0n) is 18.2. The van der Waals surface area contributed by atoms with Crippen molar-refractivity contribution in [3.05, 3.63) is 77.8 Å². The first-order valence-electron chi connectivity index (χ1n) is 10.2. The minimum atomic E-state index is -0.539. The fourth-order valence-electron chi connectivity index (χ4n) is 3.24. The molecule has 162 valence electrons. The number of fused-ring (bicyclic) bond motifs is 1. The van der Waals surface area contributed by atoms with Crippen LogP contribution in [0.1, 0.15) is 26.3 Å². The van der Waals surface area contributed by atoms with Gasteiger partial charge in [0.05, 0.1) is 0 Å². The van der Waals surface area contributed by atoms with Gasteiger partial charge in [-0.2, -0.15) is 0 Å². The maximum atomic E-state index is 12.1. The van der Waals surface area contributed by atoms with Crippen LogP contribution >= 0.6 is 11.3 Å². The predicted octanol–water partition coefficient (Wildman–Crippen LogP) is 6.69. The van der Waals surface area contributed by atoms with Crippen molar-refractivity contribution in [2.45, 2.75) is 26.4 Å². The Hall–Kier alpha value is -3.64. The number of rotatable bonds is 5. The second-order valence-corrected chi connectivity index (χ2v) is 9.14. The van der Waals surface area contributed by atoms with Crippen molar-refractivity contribution in [3.63, 3.8) is 0 Å². The topological polar surface area (TPSA) is 74.4 Å². The fraction of sp³-hybridized carbons (Fsp3) is 0.154. The number of esters is 1. The van der Waals surface area contributed by atoms with E-state index in [-0.39, 0.29) is 0 Å². The Morgan fingerprint density at radius 3 is 2.41 bits per heavy atom. The molecule has 2 aromatic heterocycles. The van der Waals surface area contributed by atoms with Crippen LogP contribution in [0, 0.1) is 0 Å². The average Bonchev–Trinajstić information content (AvgIpc) is 3.20. The number of hydrogen-bond donors (Lipinski definition) is 1. The van der Waals surface area contributed by atoms with Crippen LogP contribution in [0.25, 0.3) is 27.3 Å². The molecule has 0 atom stereocenters. The molecule has 0 saturated heterocycles. The summed E-state index contributed by atoms with van der Waals surface area (Å²) in [6.07, 6.45) is 4.82. The number of aromatic nitrogens is 1. The van der Waals surface area contributed by atoms with E-state index in [1.54, 1.807) is 23.6 Å². The van der Waals surface area contributed by atoms with Crippen LogP contribution in [-0.2, 0) is 9.53 Å². The van der Waals surface area contributed by atoms with E-state index < -0.39 is 11.6 Å². The quantitative estimate of drug-likeness (QED) is 0.274. The summed E-state index contributed by atoms with van der Waals surface area (Å²) in [4.78, 5) is 16.4. The summed E-state index contributed by atoms with van der Waals surface area (Å²) in [5, 5.41) is 2.93. The molecular formula is C26H24N2O3S. The lowest BCUT2D eigenvalue weighted by Crippen LogP contribution is -2.22. The lowest BCUT2D eigenvalue weighted by molar-refractivity contribution is -0.148. The van der Waals surface area contributed by atoms with Gasteiger partial charge in [-0.05, 0) is 62.1 Å². The minimum Gasteiger partial charge on any atom is -0.457 e. The van der Waals surface area contributed by atoms with E-state index in [1.807, 2.05) is 75.4 Å². The standard InChI is InChI=1S/C26H24N2O3S/c1-26(2,3)31-22(29)14-11-18-15-28-25(27)23-21(16-32-24(18)23)17-9-12-20(13-10-17)30-19-7-5-4-6-8-19/h4-16H,1-3H3,(H2,27,28). The zero-order chi connectivity index (χ0) is 22.7. The Morgan fingerprint density at radius 1 is 1.03 bits per heavy atom. The fourth-order valence-corrected chi connectivity index (χ4v) is 4.32. The minimum absolute atomic E-state index is 0.395. The smallest absolute Gasteiger partial charge is 0.331 e. The third kappa shape index (κ3) is 4.98. The van der Waals surface area contributed by atoms with E-state index in [0.29, 0.717) is 5.82 Å². The van der Waals surface area contributed by atoms with Gasteiger partial charge < -0.3 is 15.2 Å². The summed E-state index contributed by atoms with van der Waals surface area (Å²) in [6, 6.07) is 17.5. The van der Waals surface area contributed by atoms with E-state index in [2.05, 4.69) is 10.4 Å². The van der Waals surface area contributed by atoms with Gasteiger partial charge in [-0.3, -0.25) is 0 Å². The normalized spacial score (nSPS) is 11.7. The highest BCUT2D eigenvalue weighted by molar-refractivity contribution is 7.18. The molecule has 0 fully saturated rings. The maximum Gasteiger partial charge on any atom is 0.331 e. The number of pyridine rings is 1. The highest BCUT2D eigenvalue weighted by atomic mass is 32.1. The van der Waals surface area contributed by atoms with Crippen LogP contribution in [0.2, 0.25) is 0 Å². The second kappa shape index (κ2) is 8.85. The number of hydrogen-bond acceptors (Lipinski definition) is 6. The Kier molecular flexibility index (Phi) is 5.97. The van der Waals surface area contributed by atoms with E-state index in [0.717, 1.165) is 38.3 Å². The predicted molar refractivity (Wildman–Crippen MR) is 131 cm³/mol. The molecule has 0 saturated carbocycles. The van der Waals surface area contributed by atoms with Crippen molar-refractivity contribution >= 4 is 39.3 Å². The van der Waals surface area contributed by atoms with E-state index in [9.17, 15) is 4.79 Å². The van der Waals surface area contributed by atoms with E-state index in [1.165, 1.54) is 6.08 Å². The molecule has 0 spiro atoms. The number of benzene rings is 2. The van der Waals surface area contributed by atoms with Gasteiger partial charge in [-0.25, -0.2) is 9.78 Å². The Morgan fingerprint density at radius 2 is 1.72 bits per heavy atom. The molecule has 0 aliphatic heterocycles. The van der Waals surface area contributed by atoms with Crippen LogP contribution in [0.4, 0.5) is 5.82 Å². The molecular weight excluding hydrogens is 420 g/mol. The molecule has 2 N–H and O–H groups in total. The third-order valence-corrected chi connectivity index (χ3v) is 5.63. The van der Waals surface area contributed by atoms with Crippen LogP contribution in [0.5, 0.6) is 11.5 Å². The van der Waals surface area contributed by atoms with Crippen molar-refractivity contribution < 1.29 is 14.3 Å². The van der Waals surface area contributed by atoms with E-state index in [4.69, 9.17) is 15.2 Å². The molecule has 6 heteroatoms. The number of anilines is 1. The monoisotopic (exact) mass is 444 g/mol. The summed E-state index contributed by atoms with van der Waals surface area (Å²) in [6.45, 7) is 5.51. The van der Waals surface area contributed by atoms with Gasteiger partial charge in [0.15, 0.2) is 0 Å². The highest BCUT2D eigenvalue weighted by Crippen LogP contribution is 2.39. The van der Waals surface area contributed by atoms with Crippen molar-refractivity contribution in [1.29, 1.82) is 0 Å². The van der Waals surface area contributed by atoms with Gasteiger partial charge in [-0.1, -0.05) is 30.3 Å². The third-order valence-electron chi connectivity index (χ3n) is 4.60. The number of nitrogen functional groups attached to an aromatic ring is 1. The molecule has 4 aromatic rings. The first-order valence-corrected chi connectivity index (χ1v) is 11.1. The number of nitrogens with two attached hydrogens (primary N) is 1. The molecule has 0 aliphatic rings. The zero-order valence-corrected chi connectivity index (χ0v) is 19.0. The lowest BCUT2D eigenvalue weighted by atomic mass is 10.0. The first kappa shape index (κ1) is 21.6. The van der Waals surface area contributed by atoms with Gasteiger partial charge >= 0.3 is 5.97 Å². The van der Waals surface area contributed by atoms with Crippen LogP contribution in [-0.4, -0.2) is 16.6 Å². The van der Waals surface area contributed by atoms with Gasteiger partial charge in [0.2, 0.25) is 0 Å². The Bertz CT molecular complexity index is 1270. The van der Waals surface area contributed by atoms with Gasteiger partial charge in [-0.15, -0.1) is 11.3 Å². The molecule has 0 unspecified atom stereocenters. The summed E-state index contributed by atoms with van der Waals surface area (Å²) < 4.78 is 12.2.